The number of nitrogens with zero attached hydrogens (tertiary/aromatic N) is 1. The molecule has 0 bridgehead atoms. The van der Waals surface area contributed by atoms with Gasteiger partial charge in [0.2, 0.25) is 0 Å². The van der Waals surface area contributed by atoms with E-state index in [0.29, 0.717) is 6.61 Å². The summed E-state index contributed by atoms with van der Waals surface area (Å²) in [6.07, 6.45) is 3.26. The normalized spacial score (nSPS) is 25.1. The summed E-state index contributed by atoms with van der Waals surface area (Å²) in [6, 6.07) is 8.77. The van der Waals surface area contributed by atoms with E-state index in [1.54, 1.807) is 7.11 Å². The average molecular weight is 273 g/mol. The van der Waals surface area contributed by atoms with Crippen molar-refractivity contribution in [2.24, 2.45) is 4.99 Å². The molecule has 0 aromatic heterocycles. The zero-order chi connectivity index (χ0) is 13.8. The number of ether oxygens (including phenoxy) is 1. The van der Waals surface area contributed by atoms with Gasteiger partial charge in [-0.2, -0.15) is 0 Å². The summed E-state index contributed by atoms with van der Waals surface area (Å²) in [7, 11) is 1.73. The first-order chi connectivity index (χ1) is 9.84. The van der Waals surface area contributed by atoms with Crippen molar-refractivity contribution in [3.63, 3.8) is 0 Å². The first-order valence-corrected chi connectivity index (χ1v) is 7.44. The van der Waals surface area contributed by atoms with Crippen LogP contribution in [0.3, 0.4) is 0 Å². The predicted octanol–water partition coefficient (Wildman–Crippen LogP) is 1.15. The largest absolute Gasteiger partial charge is 0.383 e. The lowest BCUT2D eigenvalue weighted by Crippen LogP contribution is -2.63. The summed E-state index contributed by atoms with van der Waals surface area (Å²) in [5.41, 5.74) is 2.94. The maximum atomic E-state index is 5.13. The van der Waals surface area contributed by atoms with E-state index < -0.39 is 0 Å². The molecule has 20 heavy (non-hydrogen) atoms. The van der Waals surface area contributed by atoms with Gasteiger partial charge in [0, 0.05) is 20.2 Å². The van der Waals surface area contributed by atoms with Crippen LogP contribution in [0.4, 0.5) is 0 Å². The van der Waals surface area contributed by atoms with Crippen LogP contribution < -0.4 is 10.6 Å². The number of benzene rings is 1. The second kappa shape index (κ2) is 5.94. The Hall–Kier alpha value is -1.39. The molecule has 1 aliphatic carbocycles. The van der Waals surface area contributed by atoms with Crippen LogP contribution in [-0.4, -0.2) is 44.7 Å². The molecular formula is C16H23N3O. The number of amidine groups is 1. The molecule has 1 aromatic rings. The first-order valence-electron chi connectivity index (χ1n) is 7.44. The van der Waals surface area contributed by atoms with E-state index in [4.69, 9.17) is 9.73 Å². The maximum Gasteiger partial charge on any atom is 0.117 e. The van der Waals surface area contributed by atoms with Crippen molar-refractivity contribution >= 4 is 5.84 Å². The fraction of sp³-hybridized carbons (Fsp3) is 0.562. The highest BCUT2D eigenvalue weighted by Gasteiger charge is 2.40. The maximum absolute atomic E-state index is 5.13. The molecule has 1 unspecified atom stereocenters. The number of aryl methyl sites for hydroxylation is 1. The molecule has 0 saturated carbocycles. The lowest BCUT2D eigenvalue weighted by molar-refractivity contribution is 0.202. The van der Waals surface area contributed by atoms with Crippen molar-refractivity contribution in [1.29, 1.82) is 0 Å². The molecule has 0 amide bonds. The highest BCUT2D eigenvalue weighted by atomic mass is 16.5. The fourth-order valence-electron chi connectivity index (χ4n) is 3.28. The fourth-order valence-corrected chi connectivity index (χ4v) is 3.28. The molecule has 1 heterocycles. The third kappa shape index (κ3) is 2.58. The Morgan fingerprint density at radius 1 is 1.35 bits per heavy atom. The van der Waals surface area contributed by atoms with Crippen LogP contribution in [0.1, 0.15) is 17.5 Å². The molecule has 1 aromatic carbocycles. The van der Waals surface area contributed by atoms with Crippen molar-refractivity contribution in [2.45, 2.75) is 24.8 Å². The van der Waals surface area contributed by atoms with E-state index in [0.717, 1.165) is 44.7 Å². The molecule has 1 spiro atoms. The molecule has 0 radical (unpaired) electrons. The Labute approximate surface area is 120 Å². The van der Waals surface area contributed by atoms with Gasteiger partial charge in [0.05, 0.1) is 18.7 Å². The van der Waals surface area contributed by atoms with E-state index in [2.05, 4.69) is 34.9 Å². The van der Waals surface area contributed by atoms with E-state index in [1.807, 2.05) is 0 Å². The van der Waals surface area contributed by atoms with Gasteiger partial charge in [-0.15, -0.1) is 0 Å². The van der Waals surface area contributed by atoms with Crippen molar-refractivity contribution in [3.05, 3.63) is 35.4 Å². The number of nitrogens with one attached hydrogen (secondary N) is 2. The van der Waals surface area contributed by atoms with Crippen LogP contribution in [0.25, 0.3) is 0 Å². The zero-order valence-corrected chi connectivity index (χ0v) is 12.1. The molecule has 1 aliphatic heterocycles. The van der Waals surface area contributed by atoms with Gasteiger partial charge in [0.25, 0.3) is 0 Å². The summed E-state index contributed by atoms with van der Waals surface area (Å²) in [5.74, 6) is 1.12. The smallest absolute Gasteiger partial charge is 0.117 e. The van der Waals surface area contributed by atoms with Gasteiger partial charge >= 0.3 is 0 Å². The van der Waals surface area contributed by atoms with Crippen LogP contribution >= 0.6 is 0 Å². The molecule has 4 nitrogen and oxygen atoms in total. The summed E-state index contributed by atoms with van der Waals surface area (Å²) >= 11 is 0. The molecule has 0 fully saturated rings. The molecule has 3 rings (SSSR count). The highest BCUT2D eigenvalue weighted by molar-refractivity contribution is 5.93. The summed E-state index contributed by atoms with van der Waals surface area (Å²) in [6.45, 7) is 3.36. The number of hydrogen-bond acceptors (Lipinski definition) is 4. The van der Waals surface area contributed by atoms with Crippen molar-refractivity contribution in [2.75, 3.05) is 33.4 Å². The van der Waals surface area contributed by atoms with Crippen molar-refractivity contribution < 1.29 is 4.74 Å². The number of aliphatic imine (C=N–C) groups is 1. The standard InChI is InChI=1S/C16H23N3O/c1-20-11-10-18-15-16(19-9-8-17-15)7-6-13-4-2-3-5-14(13)12-16/h2-5,19H,6-12H2,1H3,(H,17,18). The zero-order valence-electron chi connectivity index (χ0n) is 12.1. The van der Waals surface area contributed by atoms with Gasteiger partial charge in [-0.3, -0.25) is 4.99 Å². The van der Waals surface area contributed by atoms with Crippen LogP contribution in [0.15, 0.2) is 29.3 Å². The van der Waals surface area contributed by atoms with Crippen LogP contribution in [0.5, 0.6) is 0 Å². The number of methoxy groups -OCH3 is 1. The molecule has 4 heteroatoms. The average Bonchev–Trinajstić information content (AvgIpc) is 2.49. The Morgan fingerprint density at radius 2 is 2.20 bits per heavy atom. The predicted molar refractivity (Wildman–Crippen MR) is 81.4 cm³/mol. The quantitative estimate of drug-likeness (QED) is 0.812. The van der Waals surface area contributed by atoms with E-state index in [-0.39, 0.29) is 5.54 Å². The van der Waals surface area contributed by atoms with E-state index >= 15 is 0 Å². The van der Waals surface area contributed by atoms with Crippen LogP contribution in [0, 0.1) is 0 Å². The first kappa shape index (κ1) is 13.6. The third-order valence-electron chi connectivity index (χ3n) is 4.33. The topological polar surface area (TPSA) is 45.6 Å². The van der Waals surface area contributed by atoms with Gasteiger partial charge < -0.3 is 15.4 Å². The number of hydrogen-bond donors (Lipinski definition) is 2. The van der Waals surface area contributed by atoms with Gasteiger partial charge in [-0.05, 0) is 30.4 Å². The summed E-state index contributed by atoms with van der Waals surface area (Å²) in [5, 5.41) is 7.19. The number of fused-ring (bicyclic) bond motifs is 1. The van der Waals surface area contributed by atoms with Gasteiger partial charge in [0.1, 0.15) is 5.84 Å². The summed E-state index contributed by atoms with van der Waals surface area (Å²) in [4.78, 5) is 4.74. The van der Waals surface area contributed by atoms with Crippen molar-refractivity contribution in [3.8, 4) is 0 Å². The monoisotopic (exact) mass is 273 g/mol. The SMILES string of the molecule is COCCNC1=NCCNC12CCc1ccccc1C2. The van der Waals surface area contributed by atoms with Gasteiger partial charge in [-0.1, -0.05) is 24.3 Å². The van der Waals surface area contributed by atoms with Gasteiger partial charge in [0.15, 0.2) is 0 Å². The Morgan fingerprint density at radius 3 is 3.05 bits per heavy atom. The van der Waals surface area contributed by atoms with Crippen molar-refractivity contribution in [1.82, 2.24) is 10.6 Å². The highest BCUT2D eigenvalue weighted by Crippen LogP contribution is 2.30. The molecular weight excluding hydrogens is 250 g/mol. The summed E-state index contributed by atoms with van der Waals surface area (Å²) < 4.78 is 5.13. The van der Waals surface area contributed by atoms with E-state index in [1.165, 1.54) is 11.1 Å². The Bertz CT molecular complexity index is 500. The second-order valence-corrected chi connectivity index (χ2v) is 5.60. The third-order valence-corrected chi connectivity index (χ3v) is 4.33. The molecule has 108 valence electrons. The second-order valence-electron chi connectivity index (χ2n) is 5.60. The number of rotatable bonds is 3. The van der Waals surface area contributed by atoms with Crippen LogP contribution in [0.2, 0.25) is 0 Å². The molecule has 1 atom stereocenters. The molecule has 0 saturated heterocycles. The lowest BCUT2D eigenvalue weighted by Gasteiger charge is -2.42. The van der Waals surface area contributed by atoms with Gasteiger partial charge in [-0.25, -0.2) is 0 Å². The molecule has 2 N–H and O–H groups in total. The van der Waals surface area contributed by atoms with Crippen LogP contribution in [-0.2, 0) is 17.6 Å². The minimum Gasteiger partial charge on any atom is -0.383 e. The minimum atomic E-state index is 0.000342. The van der Waals surface area contributed by atoms with E-state index in [9.17, 15) is 0 Å². The Balaban J connectivity index is 1.80. The Kier molecular flexibility index (Phi) is 4.03. The lowest BCUT2D eigenvalue weighted by atomic mass is 9.76. The molecule has 2 aliphatic rings. The minimum absolute atomic E-state index is 0.000342.